The zero-order valence-corrected chi connectivity index (χ0v) is 32.0. The van der Waals surface area contributed by atoms with Crippen molar-refractivity contribution in [1.82, 2.24) is 0 Å². The molecule has 48 heavy (non-hydrogen) atoms. The molecule has 2 aromatic rings. The van der Waals surface area contributed by atoms with E-state index in [1.54, 1.807) is 19.5 Å². The molecule has 0 saturated carbocycles. The molecule has 0 bridgehead atoms. The molecule has 8 heteroatoms. The minimum absolute atomic E-state index is 0.0743. The lowest BCUT2D eigenvalue weighted by molar-refractivity contribution is -0.211. The third kappa shape index (κ3) is 7.99. The summed E-state index contributed by atoms with van der Waals surface area (Å²) in [5.41, 5.74) is 2.94. The van der Waals surface area contributed by atoms with Crippen LogP contribution in [0.1, 0.15) is 130 Å². The van der Waals surface area contributed by atoms with E-state index in [-0.39, 0.29) is 52.4 Å². The molecule has 2 fully saturated rings. The number of hydrogen-bond donors (Lipinski definition) is 2. The van der Waals surface area contributed by atoms with Gasteiger partial charge in [0.05, 0.1) is 13.2 Å². The third-order valence-corrected chi connectivity index (χ3v) is 9.31. The van der Waals surface area contributed by atoms with E-state index < -0.39 is 23.7 Å². The Kier molecular flexibility index (Phi) is 10.2. The van der Waals surface area contributed by atoms with Crippen LogP contribution in [0.25, 0.3) is 0 Å². The van der Waals surface area contributed by atoms with Crippen LogP contribution in [0.5, 0.6) is 11.5 Å². The van der Waals surface area contributed by atoms with Crippen molar-refractivity contribution in [2.24, 2.45) is 9.98 Å². The van der Waals surface area contributed by atoms with Gasteiger partial charge in [-0.3, -0.25) is 9.98 Å². The van der Waals surface area contributed by atoms with Crippen LogP contribution in [0.3, 0.4) is 0 Å². The molecule has 4 atom stereocenters. The van der Waals surface area contributed by atoms with Crippen LogP contribution < -0.4 is 0 Å². The molecule has 0 radical (unpaired) electrons. The maximum Gasteiger partial charge on any atom is 0.207 e. The Morgan fingerprint density at radius 3 is 1.67 bits per heavy atom. The summed E-state index contributed by atoms with van der Waals surface area (Å²) in [6, 6.07) is 8.16. The number of hydrogen-bond acceptors (Lipinski definition) is 8. The second-order valence-corrected chi connectivity index (χ2v) is 18.1. The molecule has 266 valence electrons. The summed E-state index contributed by atoms with van der Waals surface area (Å²) in [5.74, 6) is -0.430. The van der Waals surface area contributed by atoms with Crippen LogP contribution in [-0.2, 0) is 40.6 Å². The van der Waals surface area contributed by atoms with Gasteiger partial charge in [-0.15, -0.1) is 0 Å². The molecule has 2 aliphatic rings. The lowest BCUT2D eigenvalue weighted by Gasteiger charge is -2.43. The van der Waals surface area contributed by atoms with Crippen LogP contribution in [0.4, 0.5) is 0 Å². The van der Waals surface area contributed by atoms with Gasteiger partial charge in [-0.1, -0.05) is 95.2 Å². The van der Waals surface area contributed by atoms with E-state index in [9.17, 15) is 10.2 Å². The van der Waals surface area contributed by atoms with Crippen molar-refractivity contribution in [1.29, 1.82) is 0 Å². The first-order valence-corrected chi connectivity index (χ1v) is 17.1. The van der Waals surface area contributed by atoms with Crippen LogP contribution in [-0.4, -0.2) is 72.7 Å². The number of rotatable bonds is 6. The van der Waals surface area contributed by atoms with Gasteiger partial charge in [0.1, 0.15) is 29.8 Å². The second-order valence-electron chi connectivity index (χ2n) is 18.1. The van der Waals surface area contributed by atoms with E-state index in [1.807, 2.05) is 26.0 Å². The van der Waals surface area contributed by atoms with Gasteiger partial charge in [0.15, 0.2) is 5.79 Å². The van der Waals surface area contributed by atoms with Crippen molar-refractivity contribution in [2.45, 2.75) is 148 Å². The van der Waals surface area contributed by atoms with E-state index >= 15 is 0 Å². The maximum absolute atomic E-state index is 11.5. The van der Waals surface area contributed by atoms with Crippen molar-refractivity contribution in [3.63, 3.8) is 0 Å². The number of aromatic hydroxyl groups is 2. The average Bonchev–Trinajstić information content (AvgIpc) is 3.24. The number of phenolic OH excluding ortho intramolecular Hbond substituents is 2. The molecule has 0 spiro atoms. The average molecular weight is 665 g/mol. The predicted molar refractivity (Wildman–Crippen MR) is 194 cm³/mol. The molecule has 4 rings (SSSR count). The number of fused-ring (bicyclic) bond motifs is 1. The van der Waals surface area contributed by atoms with Gasteiger partial charge in [-0.2, -0.15) is 0 Å². The van der Waals surface area contributed by atoms with Gasteiger partial charge >= 0.3 is 0 Å². The molecule has 8 nitrogen and oxygen atoms in total. The van der Waals surface area contributed by atoms with Crippen molar-refractivity contribution in [3.8, 4) is 11.5 Å². The van der Waals surface area contributed by atoms with Gasteiger partial charge in [-0.25, -0.2) is 0 Å². The van der Waals surface area contributed by atoms with Crippen molar-refractivity contribution >= 4 is 12.4 Å². The lowest BCUT2D eigenvalue weighted by Crippen LogP contribution is -2.61. The number of ether oxygens (including phenoxy) is 4. The van der Waals surface area contributed by atoms with E-state index in [4.69, 9.17) is 28.9 Å². The van der Waals surface area contributed by atoms with Crippen LogP contribution in [0.15, 0.2) is 34.3 Å². The van der Waals surface area contributed by atoms with Gasteiger partial charge < -0.3 is 29.2 Å². The Balaban J connectivity index is 1.85. The zero-order valence-electron chi connectivity index (χ0n) is 32.0. The molecule has 3 unspecified atom stereocenters. The molecule has 2 aliphatic heterocycles. The summed E-state index contributed by atoms with van der Waals surface area (Å²) < 4.78 is 25.2. The fourth-order valence-corrected chi connectivity index (χ4v) is 6.39. The summed E-state index contributed by atoms with van der Waals surface area (Å²) in [6.45, 7) is 29.5. The summed E-state index contributed by atoms with van der Waals surface area (Å²) >= 11 is 0. The molecule has 2 saturated heterocycles. The number of benzene rings is 2. The SMILES string of the molecule is COC1C2OC(C)(C)O[C@H]2COC1(CN=Cc1cc(C(C)(C)C)cc(C(C)(C)C)c1O)/N=C/c1cc(C(C)(C)C)cc(C(C)(C)C)c1O. The Morgan fingerprint density at radius 1 is 0.750 bits per heavy atom. The number of aliphatic imine (C=N–C) groups is 2. The van der Waals surface area contributed by atoms with Gasteiger partial charge in [-0.05, 0) is 58.8 Å². The van der Waals surface area contributed by atoms with Crippen LogP contribution in [0, 0.1) is 0 Å². The molecule has 0 aromatic heterocycles. The standard InChI is InChI=1S/C40H60N2O6/c1-35(2,3)26-16-24(31(43)28(18-26)37(7,8)9)20-41-23-40(34(45-15)33-30(22-46-40)47-39(13,14)48-33)42-21-25-17-27(36(4,5)6)19-29(32(25)44)38(10,11)12/h16-21,30,33-34,43-44H,22-23H2,1-15H3/b41-20?,42-21+/t30-,33?,34?,40?/m0/s1. The number of phenols is 2. The highest BCUT2D eigenvalue weighted by atomic mass is 16.8. The van der Waals surface area contributed by atoms with E-state index in [0.29, 0.717) is 11.1 Å². The van der Waals surface area contributed by atoms with E-state index in [0.717, 1.165) is 22.3 Å². The third-order valence-electron chi connectivity index (χ3n) is 9.31. The second kappa shape index (κ2) is 12.8. The van der Waals surface area contributed by atoms with Gasteiger partial charge in [0.25, 0.3) is 0 Å². The highest BCUT2D eigenvalue weighted by Gasteiger charge is 2.58. The van der Waals surface area contributed by atoms with Crippen molar-refractivity contribution in [2.75, 3.05) is 20.3 Å². The topological polar surface area (TPSA) is 102 Å². The first kappa shape index (κ1) is 38.0. The quantitative estimate of drug-likeness (QED) is 0.303. The zero-order chi connectivity index (χ0) is 36.3. The predicted octanol–water partition coefficient (Wildman–Crippen LogP) is 8.09. The molecule has 0 amide bonds. The normalized spacial score (nSPS) is 25.3. The highest BCUT2D eigenvalue weighted by molar-refractivity contribution is 5.86. The lowest BCUT2D eigenvalue weighted by atomic mass is 9.79. The fourth-order valence-electron chi connectivity index (χ4n) is 6.39. The molecular formula is C40H60N2O6. The van der Waals surface area contributed by atoms with Crippen molar-refractivity contribution in [3.05, 3.63) is 57.6 Å². The van der Waals surface area contributed by atoms with Gasteiger partial charge in [0, 0.05) is 41.8 Å². The molecule has 0 aliphatic carbocycles. The fraction of sp³-hybridized carbons (Fsp3) is 0.650. The number of nitrogens with zero attached hydrogens (tertiary/aromatic N) is 2. The van der Waals surface area contributed by atoms with Crippen molar-refractivity contribution < 1.29 is 29.2 Å². The highest BCUT2D eigenvalue weighted by Crippen LogP contribution is 2.42. The molecule has 2 heterocycles. The molecule has 2 N–H and O–H groups in total. The smallest absolute Gasteiger partial charge is 0.207 e. The first-order valence-electron chi connectivity index (χ1n) is 17.1. The Bertz CT molecular complexity index is 1550. The van der Waals surface area contributed by atoms with Gasteiger partial charge in [0.2, 0.25) is 5.72 Å². The first-order chi connectivity index (χ1) is 21.8. The summed E-state index contributed by atoms with van der Waals surface area (Å²) in [6.07, 6.45) is 1.89. The molecular weight excluding hydrogens is 604 g/mol. The maximum atomic E-state index is 11.5. The minimum Gasteiger partial charge on any atom is -0.507 e. The minimum atomic E-state index is -1.31. The summed E-state index contributed by atoms with van der Waals surface area (Å²) in [5, 5.41) is 23.0. The summed E-state index contributed by atoms with van der Waals surface area (Å²) in [7, 11) is 1.61. The Labute approximate surface area is 289 Å². The Morgan fingerprint density at radius 2 is 1.23 bits per heavy atom. The van der Waals surface area contributed by atoms with E-state index in [1.165, 1.54) is 0 Å². The van der Waals surface area contributed by atoms with E-state index in [2.05, 4.69) is 95.2 Å². The van der Waals surface area contributed by atoms with Crippen LogP contribution >= 0.6 is 0 Å². The van der Waals surface area contributed by atoms with Crippen LogP contribution in [0.2, 0.25) is 0 Å². The number of methoxy groups -OCH3 is 1. The largest absolute Gasteiger partial charge is 0.507 e. The molecule has 2 aromatic carbocycles. The Hall–Kier alpha value is -2.78. The summed E-state index contributed by atoms with van der Waals surface area (Å²) in [4.78, 5) is 9.95. The monoisotopic (exact) mass is 664 g/mol.